The van der Waals surface area contributed by atoms with Gasteiger partial charge in [0.1, 0.15) is 11.5 Å². The fourth-order valence-corrected chi connectivity index (χ4v) is 2.74. The van der Waals surface area contributed by atoms with Crippen LogP contribution in [0.5, 0.6) is 0 Å². The van der Waals surface area contributed by atoms with Gasteiger partial charge in [0.15, 0.2) is 0 Å². The van der Waals surface area contributed by atoms with Crippen molar-refractivity contribution in [2.75, 3.05) is 42.9 Å². The van der Waals surface area contributed by atoms with Crippen molar-refractivity contribution in [3.8, 4) is 0 Å². The summed E-state index contributed by atoms with van der Waals surface area (Å²) in [5.41, 5.74) is 0.379. The van der Waals surface area contributed by atoms with Crippen LogP contribution in [-0.4, -0.2) is 63.5 Å². The van der Waals surface area contributed by atoms with Crippen molar-refractivity contribution in [3.05, 3.63) is 36.5 Å². The van der Waals surface area contributed by atoms with E-state index in [0.717, 1.165) is 13.0 Å². The molecule has 0 aromatic carbocycles. The van der Waals surface area contributed by atoms with Crippen LogP contribution < -0.4 is 10.2 Å². The number of hydrogen-bond donors (Lipinski definition) is 1. The van der Waals surface area contributed by atoms with Crippen molar-refractivity contribution in [2.24, 2.45) is 5.92 Å². The topological polar surface area (TPSA) is 87.1 Å². The van der Waals surface area contributed by atoms with Crippen LogP contribution in [0.3, 0.4) is 0 Å². The molecule has 1 aliphatic rings. The molecule has 0 spiro atoms. The third-order valence-electron chi connectivity index (χ3n) is 4.30. The van der Waals surface area contributed by atoms with Crippen molar-refractivity contribution < 1.29 is 4.79 Å². The Kier molecular flexibility index (Phi) is 5.93. The summed E-state index contributed by atoms with van der Waals surface area (Å²) in [6.07, 6.45) is 7.70. The van der Waals surface area contributed by atoms with Crippen LogP contribution >= 0.6 is 0 Å². The minimum absolute atomic E-state index is 0.0835. The zero-order chi connectivity index (χ0) is 18.4. The van der Waals surface area contributed by atoms with E-state index >= 15 is 0 Å². The van der Waals surface area contributed by atoms with E-state index in [1.807, 2.05) is 0 Å². The van der Waals surface area contributed by atoms with E-state index in [0.29, 0.717) is 49.6 Å². The second-order valence-electron chi connectivity index (χ2n) is 6.72. The monoisotopic (exact) mass is 355 g/mol. The first-order valence-corrected chi connectivity index (χ1v) is 9.00. The number of aromatic nitrogens is 4. The van der Waals surface area contributed by atoms with Gasteiger partial charge < -0.3 is 15.1 Å². The predicted octanol–water partition coefficient (Wildman–Crippen LogP) is 1.69. The molecule has 1 fully saturated rings. The van der Waals surface area contributed by atoms with Gasteiger partial charge in [0.2, 0.25) is 5.95 Å². The summed E-state index contributed by atoms with van der Waals surface area (Å²) in [6.45, 7) is 7.86. The average molecular weight is 355 g/mol. The Labute approximate surface area is 153 Å². The molecule has 138 valence electrons. The van der Waals surface area contributed by atoms with Gasteiger partial charge in [-0.2, -0.15) is 0 Å². The molecule has 0 bridgehead atoms. The smallest absolute Gasteiger partial charge is 0.274 e. The summed E-state index contributed by atoms with van der Waals surface area (Å²) in [4.78, 5) is 33.6. The molecule has 0 atom stereocenters. The van der Waals surface area contributed by atoms with Crippen molar-refractivity contribution in [1.82, 2.24) is 24.8 Å². The molecular formula is C18H25N7O. The van der Waals surface area contributed by atoms with Gasteiger partial charge in [-0.05, 0) is 18.4 Å². The van der Waals surface area contributed by atoms with E-state index in [2.05, 4.69) is 44.0 Å². The number of anilines is 2. The zero-order valence-corrected chi connectivity index (χ0v) is 15.3. The van der Waals surface area contributed by atoms with Gasteiger partial charge in [0.05, 0.1) is 12.4 Å². The fourth-order valence-electron chi connectivity index (χ4n) is 2.74. The van der Waals surface area contributed by atoms with Crippen molar-refractivity contribution in [1.29, 1.82) is 0 Å². The average Bonchev–Trinajstić information content (AvgIpc) is 2.68. The Bertz CT molecular complexity index is 697. The number of nitrogens with one attached hydrogen (secondary N) is 1. The molecular weight excluding hydrogens is 330 g/mol. The largest absolute Gasteiger partial charge is 0.369 e. The maximum Gasteiger partial charge on any atom is 0.274 e. The molecule has 2 aromatic rings. The molecule has 1 saturated heterocycles. The third-order valence-corrected chi connectivity index (χ3v) is 4.30. The molecule has 8 nitrogen and oxygen atoms in total. The number of nitrogens with zero attached hydrogens (tertiary/aromatic N) is 6. The van der Waals surface area contributed by atoms with Crippen LogP contribution in [-0.2, 0) is 0 Å². The molecule has 3 heterocycles. The van der Waals surface area contributed by atoms with Crippen molar-refractivity contribution in [3.63, 3.8) is 0 Å². The first kappa shape index (κ1) is 18.0. The number of amides is 1. The zero-order valence-electron chi connectivity index (χ0n) is 15.3. The maximum atomic E-state index is 12.6. The lowest BCUT2D eigenvalue weighted by Crippen LogP contribution is -2.49. The Morgan fingerprint density at radius 1 is 1.08 bits per heavy atom. The lowest BCUT2D eigenvalue weighted by molar-refractivity contribution is 0.0740. The highest BCUT2D eigenvalue weighted by Crippen LogP contribution is 2.12. The first-order chi connectivity index (χ1) is 12.6. The Morgan fingerprint density at radius 2 is 1.81 bits per heavy atom. The lowest BCUT2D eigenvalue weighted by atomic mass is 10.1. The normalized spacial score (nSPS) is 14.6. The number of piperazine rings is 1. The van der Waals surface area contributed by atoms with Crippen LogP contribution in [0.4, 0.5) is 11.8 Å². The molecule has 0 unspecified atom stereocenters. The van der Waals surface area contributed by atoms with Crippen LogP contribution in [0, 0.1) is 5.92 Å². The molecule has 2 aromatic heterocycles. The maximum absolute atomic E-state index is 12.6. The van der Waals surface area contributed by atoms with Gasteiger partial charge in [-0.1, -0.05) is 13.8 Å². The number of carbonyl (C=O) groups excluding carboxylic acids is 1. The molecule has 1 aliphatic heterocycles. The second-order valence-corrected chi connectivity index (χ2v) is 6.72. The van der Waals surface area contributed by atoms with Crippen LogP contribution in [0.25, 0.3) is 0 Å². The number of carbonyl (C=O) groups is 1. The highest BCUT2D eigenvalue weighted by atomic mass is 16.2. The van der Waals surface area contributed by atoms with E-state index in [4.69, 9.17) is 0 Å². The van der Waals surface area contributed by atoms with Gasteiger partial charge >= 0.3 is 0 Å². The molecule has 3 rings (SSSR count). The third kappa shape index (κ3) is 4.65. The second kappa shape index (κ2) is 8.55. The number of hydrogen-bond acceptors (Lipinski definition) is 7. The fraction of sp³-hybridized carbons (Fsp3) is 0.500. The van der Waals surface area contributed by atoms with E-state index in [9.17, 15) is 4.79 Å². The Balaban J connectivity index is 1.52. The summed E-state index contributed by atoms with van der Waals surface area (Å²) < 4.78 is 0. The van der Waals surface area contributed by atoms with Crippen LogP contribution in [0.2, 0.25) is 0 Å². The Morgan fingerprint density at radius 3 is 2.42 bits per heavy atom. The van der Waals surface area contributed by atoms with Gasteiger partial charge in [-0.15, -0.1) is 0 Å². The van der Waals surface area contributed by atoms with Crippen LogP contribution in [0.15, 0.2) is 30.9 Å². The summed E-state index contributed by atoms with van der Waals surface area (Å²) in [5, 5.41) is 3.23. The van der Waals surface area contributed by atoms with E-state index in [1.165, 1.54) is 0 Å². The van der Waals surface area contributed by atoms with Crippen molar-refractivity contribution >= 4 is 17.7 Å². The van der Waals surface area contributed by atoms with Gasteiger partial charge in [-0.25, -0.2) is 19.9 Å². The molecule has 0 saturated carbocycles. The minimum atomic E-state index is -0.0835. The van der Waals surface area contributed by atoms with Gasteiger partial charge in [-0.3, -0.25) is 4.79 Å². The SMILES string of the molecule is CC(C)CCNc1cnc(C(=O)N2CCN(c3ncccn3)CC2)cn1. The quantitative estimate of drug-likeness (QED) is 0.843. The van der Waals surface area contributed by atoms with Gasteiger partial charge in [0, 0.05) is 45.1 Å². The predicted molar refractivity (Wildman–Crippen MR) is 100 cm³/mol. The van der Waals surface area contributed by atoms with E-state index in [1.54, 1.807) is 35.8 Å². The summed E-state index contributed by atoms with van der Waals surface area (Å²) in [6, 6.07) is 1.79. The standard InChI is InChI=1S/C18H25N7O/c1-14(2)4-7-19-16-13-22-15(12-23-16)17(26)24-8-10-25(11-9-24)18-20-5-3-6-21-18/h3,5-6,12-14H,4,7-11H2,1-2H3,(H,19,23). The Hall–Kier alpha value is -2.77. The lowest BCUT2D eigenvalue weighted by Gasteiger charge is -2.34. The summed E-state index contributed by atoms with van der Waals surface area (Å²) in [5.74, 6) is 1.96. The minimum Gasteiger partial charge on any atom is -0.369 e. The highest BCUT2D eigenvalue weighted by Gasteiger charge is 2.24. The molecule has 0 aliphatic carbocycles. The van der Waals surface area contributed by atoms with Gasteiger partial charge in [0.25, 0.3) is 5.91 Å². The highest BCUT2D eigenvalue weighted by molar-refractivity contribution is 5.92. The molecule has 0 radical (unpaired) electrons. The molecule has 1 amide bonds. The summed E-state index contributed by atoms with van der Waals surface area (Å²) in [7, 11) is 0. The molecule has 1 N–H and O–H groups in total. The van der Waals surface area contributed by atoms with E-state index in [-0.39, 0.29) is 5.91 Å². The summed E-state index contributed by atoms with van der Waals surface area (Å²) >= 11 is 0. The first-order valence-electron chi connectivity index (χ1n) is 9.00. The van der Waals surface area contributed by atoms with Crippen molar-refractivity contribution in [2.45, 2.75) is 20.3 Å². The number of rotatable bonds is 6. The molecule has 8 heteroatoms. The van der Waals surface area contributed by atoms with E-state index < -0.39 is 0 Å². The molecule has 26 heavy (non-hydrogen) atoms. The van der Waals surface area contributed by atoms with Crippen LogP contribution in [0.1, 0.15) is 30.8 Å².